The Morgan fingerprint density at radius 1 is 1.09 bits per heavy atom. The molecular weight excluding hydrogens is 585 g/mol. The first-order chi connectivity index (χ1) is 22.4. The molecule has 2 aromatic carbocycles. The van der Waals surface area contributed by atoms with Crippen LogP contribution < -0.4 is 10.5 Å². The minimum Gasteiger partial charge on any atom is -0.494 e. The number of nitrogens with zero attached hydrogens (tertiary/aromatic N) is 7. The number of methoxy groups -OCH3 is 1. The topological polar surface area (TPSA) is 132 Å². The lowest BCUT2D eigenvalue weighted by atomic mass is 10.0. The summed E-state index contributed by atoms with van der Waals surface area (Å²) < 4.78 is 24.2. The highest BCUT2D eigenvalue weighted by atomic mass is 19.1. The molecule has 5 heterocycles. The molecule has 3 N–H and O–H groups in total. The standard InChI is InChI=1S/C34H34FN9O2/c1-19-31(39-44-16-25(13-30(46-2)32(19)44)34(45)42-17-26(35)14-27(36)18-42)29-12-23-9-8-22(11-28(23)43(29)15-20-6-7-20)21-4-3-5-24(10-21)33-37-40-41-38-33/h3-5,8-13,16,20,26-27H,6-7,14-15,17-18,36H2,1-2H3,(H,37,38,40,41)/t26-,27-/m1/s1. The molecule has 1 saturated carbocycles. The van der Waals surface area contributed by atoms with Crippen LogP contribution in [0.2, 0.25) is 0 Å². The van der Waals surface area contributed by atoms with Crippen LogP contribution in [0.15, 0.2) is 60.8 Å². The van der Waals surface area contributed by atoms with Gasteiger partial charge in [0.05, 0.1) is 24.9 Å². The molecule has 12 heteroatoms. The molecule has 1 aliphatic heterocycles. The maximum atomic E-state index is 14.3. The Hall–Kier alpha value is -5.10. The molecule has 0 radical (unpaired) electrons. The summed E-state index contributed by atoms with van der Waals surface area (Å²) in [5.41, 5.74) is 14.2. The molecule has 6 aromatic rings. The number of pyridine rings is 1. The van der Waals surface area contributed by atoms with Crippen molar-refractivity contribution in [2.45, 2.75) is 44.9 Å². The van der Waals surface area contributed by atoms with E-state index in [1.807, 2.05) is 19.1 Å². The number of alkyl halides is 1. The van der Waals surface area contributed by atoms with Crippen LogP contribution in [0.1, 0.15) is 35.2 Å². The molecule has 11 nitrogen and oxygen atoms in total. The number of piperidine rings is 1. The summed E-state index contributed by atoms with van der Waals surface area (Å²) in [6.07, 6.45) is 3.24. The fourth-order valence-corrected chi connectivity index (χ4v) is 6.73. The van der Waals surface area contributed by atoms with Crippen molar-refractivity contribution in [3.63, 3.8) is 0 Å². The lowest BCUT2D eigenvalue weighted by Gasteiger charge is -2.33. The number of fused-ring (bicyclic) bond motifs is 2. The Balaban J connectivity index is 1.22. The zero-order valence-electron chi connectivity index (χ0n) is 25.7. The second-order valence-corrected chi connectivity index (χ2v) is 12.5. The number of rotatable bonds is 7. The Morgan fingerprint density at radius 2 is 1.91 bits per heavy atom. The van der Waals surface area contributed by atoms with E-state index in [0.717, 1.165) is 56.6 Å². The summed E-state index contributed by atoms with van der Waals surface area (Å²) >= 11 is 0. The number of carbonyl (C=O) groups excluding carboxylic acids is 1. The molecule has 2 fully saturated rings. The van der Waals surface area contributed by atoms with Gasteiger partial charge in [-0.3, -0.25) is 4.79 Å². The number of hydrogen-bond acceptors (Lipinski definition) is 7. The van der Waals surface area contributed by atoms with E-state index in [9.17, 15) is 9.18 Å². The van der Waals surface area contributed by atoms with Crippen molar-refractivity contribution < 1.29 is 13.9 Å². The number of amides is 1. The Labute approximate surface area is 264 Å². The Kier molecular flexibility index (Phi) is 6.82. The normalized spacial score (nSPS) is 18.5. The number of H-pyrrole nitrogens is 1. The van der Waals surface area contributed by atoms with Gasteiger partial charge in [0, 0.05) is 47.4 Å². The predicted octanol–water partition coefficient (Wildman–Crippen LogP) is 5.04. The number of aromatic nitrogens is 7. The van der Waals surface area contributed by atoms with Crippen molar-refractivity contribution >= 4 is 22.3 Å². The highest BCUT2D eigenvalue weighted by Crippen LogP contribution is 2.39. The minimum atomic E-state index is -1.14. The van der Waals surface area contributed by atoms with E-state index in [4.69, 9.17) is 15.6 Å². The molecule has 8 rings (SSSR count). The zero-order chi connectivity index (χ0) is 31.5. The maximum absolute atomic E-state index is 14.3. The summed E-state index contributed by atoms with van der Waals surface area (Å²) in [6, 6.07) is 18.2. The van der Waals surface area contributed by atoms with Crippen LogP contribution in [0.3, 0.4) is 0 Å². The van der Waals surface area contributed by atoms with Crippen molar-refractivity contribution in [1.82, 2.24) is 39.7 Å². The van der Waals surface area contributed by atoms with Crippen LogP contribution >= 0.6 is 0 Å². The summed E-state index contributed by atoms with van der Waals surface area (Å²) in [4.78, 5) is 15.0. The van der Waals surface area contributed by atoms with Crippen molar-refractivity contribution in [3.8, 4) is 39.7 Å². The summed E-state index contributed by atoms with van der Waals surface area (Å²) in [5, 5.41) is 20.7. The van der Waals surface area contributed by atoms with Crippen molar-refractivity contribution in [2.75, 3.05) is 20.2 Å². The molecule has 1 amide bonds. The van der Waals surface area contributed by atoms with Gasteiger partial charge in [0.15, 0.2) is 0 Å². The van der Waals surface area contributed by atoms with Gasteiger partial charge < -0.3 is 19.9 Å². The number of hydrogen-bond donors (Lipinski definition) is 2. The van der Waals surface area contributed by atoms with Gasteiger partial charge in [0.2, 0.25) is 5.82 Å². The largest absolute Gasteiger partial charge is 0.494 e. The Bertz CT molecular complexity index is 2090. The number of ether oxygens (including phenoxy) is 1. The number of aromatic amines is 1. The molecule has 0 unspecified atom stereocenters. The van der Waals surface area contributed by atoms with Gasteiger partial charge in [0.25, 0.3) is 5.91 Å². The first-order valence-corrected chi connectivity index (χ1v) is 15.6. The third kappa shape index (κ3) is 4.98. The zero-order valence-corrected chi connectivity index (χ0v) is 25.7. The summed E-state index contributed by atoms with van der Waals surface area (Å²) in [7, 11) is 1.59. The summed E-state index contributed by atoms with van der Waals surface area (Å²) in [5.74, 6) is 1.42. The summed E-state index contributed by atoms with van der Waals surface area (Å²) in [6.45, 7) is 3.26. The van der Waals surface area contributed by atoms with Gasteiger partial charge >= 0.3 is 0 Å². The number of nitrogens with two attached hydrogens (primary N) is 1. The molecule has 234 valence electrons. The van der Waals surface area contributed by atoms with E-state index in [-0.39, 0.29) is 24.9 Å². The van der Waals surface area contributed by atoms with Gasteiger partial charge in [-0.1, -0.05) is 30.3 Å². The van der Waals surface area contributed by atoms with E-state index >= 15 is 0 Å². The van der Waals surface area contributed by atoms with E-state index in [1.54, 1.807) is 23.9 Å². The average molecular weight is 620 g/mol. The van der Waals surface area contributed by atoms with Gasteiger partial charge in [-0.25, -0.2) is 8.91 Å². The fourth-order valence-electron chi connectivity index (χ4n) is 6.73. The number of likely N-dealkylation sites (tertiary alicyclic amines) is 1. The van der Waals surface area contributed by atoms with Crippen LogP contribution in [0.25, 0.3) is 50.3 Å². The predicted molar refractivity (Wildman–Crippen MR) is 172 cm³/mol. The molecule has 2 atom stereocenters. The van der Waals surface area contributed by atoms with Crippen molar-refractivity contribution in [2.24, 2.45) is 11.7 Å². The van der Waals surface area contributed by atoms with Crippen LogP contribution in [-0.4, -0.2) is 78.0 Å². The third-order valence-electron chi connectivity index (χ3n) is 9.20. The Morgan fingerprint density at radius 3 is 2.67 bits per heavy atom. The number of aryl methyl sites for hydroxylation is 1. The minimum absolute atomic E-state index is 0.0287. The van der Waals surface area contributed by atoms with Gasteiger partial charge in [0.1, 0.15) is 23.1 Å². The van der Waals surface area contributed by atoms with E-state index in [0.29, 0.717) is 29.6 Å². The van der Waals surface area contributed by atoms with Crippen LogP contribution in [-0.2, 0) is 6.54 Å². The quantitative estimate of drug-likeness (QED) is 0.256. The smallest absolute Gasteiger partial charge is 0.255 e. The van der Waals surface area contributed by atoms with E-state index in [2.05, 4.69) is 61.6 Å². The number of tetrazole rings is 1. The SMILES string of the molecule is COc1cc(C(=O)N2C[C@H](N)C[C@@H](F)C2)cn2nc(-c3cc4ccc(-c5cccc(-c6nn[nH]n6)c5)cc4n3CC3CC3)c(C)c12. The van der Waals surface area contributed by atoms with E-state index in [1.165, 1.54) is 17.7 Å². The lowest BCUT2D eigenvalue weighted by molar-refractivity contribution is 0.0606. The molecule has 1 aliphatic carbocycles. The molecule has 0 bridgehead atoms. The molecule has 0 spiro atoms. The number of nitrogens with one attached hydrogen (secondary N) is 1. The van der Waals surface area contributed by atoms with Gasteiger partial charge in [-0.2, -0.15) is 10.3 Å². The number of benzene rings is 2. The molecule has 1 saturated heterocycles. The number of carbonyl (C=O) groups is 1. The molecular formula is C34H34FN9O2. The first kappa shape index (κ1) is 28.4. The second-order valence-electron chi connectivity index (χ2n) is 12.5. The average Bonchev–Trinajstić information content (AvgIpc) is 3.42. The van der Waals surface area contributed by atoms with Crippen LogP contribution in [0.5, 0.6) is 5.75 Å². The fraction of sp³-hybridized carbons (Fsp3) is 0.324. The van der Waals surface area contributed by atoms with Crippen molar-refractivity contribution in [3.05, 3.63) is 71.9 Å². The highest BCUT2D eigenvalue weighted by Gasteiger charge is 2.30. The molecule has 2 aliphatic rings. The second kappa shape index (κ2) is 11.1. The maximum Gasteiger partial charge on any atom is 0.255 e. The number of halogens is 1. The first-order valence-electron chi connectivity index (χ1n) is 15.6. The van der Waals surface area contributed by atoms with E-state index < -0.39 is 6.17 Å². The van der Waals surface area contributed by atoms with Crippen LogP contribution in [0.4, 0.5) is 4.39 Å². The van der Waals surface area contributed by atoms with Gasteiger partial charge in [-0.05, 0) is 72.7 Å². The van der Waals surface area contributed by atoms with Crippen molar-refractivity contribution in [1.29, 1.82) is 0 Å². The molecule has 4 aromatic heterocycles. The highest BCUT2D eigenvalue weighted by molar-refractivity contribution is 5.96. The lowest BCUT2D eigenvalue weighted by Crippen LogP contribution is -2.50. The van der Waals surface area contributed by atoms with Crippen LogP contribution in [0, 0.1) is 12.8 Å². The molecule has 46 heavy (non-hydrogen) atoms. The van der Waals surface area contributed by atoms with Gasteiger partial charge in [-0.15, -0.1) is 10.2 Å². The monoisotopic (exact) mass is 619 g/mol. The third-order valence-corrected chi connectivity index (χ3v) is 9.20.